The molecule has 0 bridgehead atoms. The number of rotatable bonds is 3. The highest BCUT2D eigenvalue weighted by molar-refractivity contribution is 5.93. The first-order chi connectivity index (χ1) is 9.08. The van der Waals surface area contributed by atoms with E-state index in [9.17, 15) is 9.59 Å². The zero-order chi connectivity index (χ0) is 13.8. The van der Waals surface area contributed by atoms with Gasteiger partial charge in [0, 0.05) is 38.8 Å². The zero-order valence-corrected chi connectivity index (χ0v) is 11.4. The van der Waals surface area contributed by atoms with E-state index in [1.54, 1.807) is 11.1 Å². The Hall–Kier alpha value is -1.85. The van der Waals surface area contributed by atoms with Crippen LogP contribution in [0.4, 0.5) is 0 Å². The molecule has 19 heavy (non-hydrogen) atoms. The van der Waals surface area contributed by atoms with E-state index in [1.807, 2.05) is 18.7 Å². The van der Waals surface area contributed by atoms with Crippen LogP contribution >= 0.6 is 0 Å². The Morgan fingerprint density at radius 1 is 1.26 bits per heavy atom. The molecule has 0 spiro atoms. The lowest BCUT2D eigenvalue weighted by molar-refractivity contribution is -0.133. The number of aromatic nitrogens is 2. The first-order valence-corrected chi connectivity index (χ1v) is 6.63. The van der Waals surface area contributed by atoms with Crippen molar-refractivity contribution in [3.05, 3.63) is 18.0 Å². The molecule has 104 valence electrons. The van der Waals surface area contributed by atoms with Crippen molar-refractivity contribution in [3.8, 4) is 0 Å². The first-order valence-electron chi connectivity index (χ1n) is 6.63. The van der Waals surface area contributed by atoms with Crippen LogP contribution in [0.2, 0.25) is 0 Å². The second-order valence-corrected chi connectivity index (χ2v) is 5.26. The van der Waals surface area contributed by atoms with E-state index in [1.165, 1.54) is 6.20 Å². The van der Waals surface area contributed by atoms with Gasteiger partial charge in [-0.25, -0.2) is 0 Å². The average Bonchev–Trinajstić information content (AvgIpc) is 2.91. The van der Waals surface area contributed by atoms with Crippen LogP contribution in [0.25, 0.3) is 0 Å². The number of hydrogen-bond acceptors (Lipinski definition) is 3. The summed E-state index contributed by atoms with van der Waals surface area (Å²) in [4.78, 5) is 27.6. The number of H-pyrrole nitrogens is 1. The molecular weight excluding hydrogens is 244 g/mol. The summed E-state index contributed by atoms with van der Waals surface area (Å²) in [6, 6.07) is 0. The highest BCUT2D eigenvalue weighted by atomic mass is 16.2. The highest BCUT2D eigenvalue weighted by Gasteiger charge is 2.25. The Bertz CT molecular complexity index is 434. The van der Waals surface area contributed by atoms with E-state index < -0.39 is 0 Å². The third-order valence-electron chi connectivity index (χ3n) is 3.25. The van der Waals surface area contributed by atoms with Crippen LogP contribution < -0.4 is 0 Å². The van der Waals surface area contributed by atoms with Crippen molar-refractivity contribution in [2.75, 3.05) is 26.2 Å². The summed E-state index contributed by atoms with van der Waals surface area (Å²) in [7, 11) is 0. The monoisotopic (exact) mass is 264 g/mol. The number of aromatic amines is 1. The summed E-state index contributed by atoms with van der Waals surface area (Å²) in [5, 5.41) is 6.41. The second kappa shape index (κ2) is 5.86. The van der Waals surface area contributed by atoms with Gasteiger partial charge in [0.05, 0.1) is 11.8 Å². The summed E-state index contributed by atoms with van der Waals surface area (Å²) >= 11 is 0. The number of carbonyl (C=O) groups excluding carboxylic acids is 2. The maximum Gasteiger partial charge on any atom is 0.257 e. The Balaban J connectivity index is 1.86. The highest BCUT2D eigenvalue weighted by Crippen LogP contribution is 2.10. The van der Waals surface area contributed by atoms with E-state index in [4.69, 9.17) is 0 Å². The third kappa shape index (κ3) is 3.33. The van der Waals surface area contributed by atoms with Crippen LogP contribution in [0, 0.1) is 5.92 Å². The van der Waals surface area contributed by atoms with Gasteiger partial charge in [0.15, 0.2) is 0 Å². The molecule has 1 N–H and O–H groups in total. The molecule has 0 saturated carbocycles. The molecule has 1 aliphatic heterocycles. The number of piperazine rings is 1. The van der Waals surface area contributed by atoms with Crippen molar-refractivity contribution in [2.45, 2.75) is 20.3 Å². The van der Waals surface area contributed by atoms with E-state index in [2.05, 4.69) is 10.2 Å². The van der Waals surface area contributed by atoms with E-state index in [0.29, 0.717) is 44.1 Å². The molecule has 1 saturated heterocycles. The number of carbonyl (C=O) groups is 2. The normalized spacial score (nSPS) is 15.9. The molecule has 6 nitrogen and oxygen atoms in total. The van der Waals surface area contributed by atoms with Crippen LogP contribution in [-0.2, 0) is 4.79 Å². The van der Waals surface area contributed by atoms with Gasteiger partial charge in [-0.2, -0.15) is 5.10 Å². The fourth-order valence-corrected chi connectivity index (χ4v) is 2.19. The molecule has 6 heteroatoms. The standard InChI is InChI=1S/C13H20N4O2/c1-10(2)7-12(18)16-3-5-17(6-4-16)13(19)11-8-14-15-9-11/h8-10H,3-7H2,1-2H3,(H,14,15). The quantitative estimate of drug-likeness (QED) is 0.875. The van der Waals surface area contributed by atoms with Gasteiger partial charge >= 0.3 is 0 Å². The molecular formula is C13H20N4O2. The van der Waals surface area contributed by atoms with Crippen LogP contribution in [0.5, 0.6) is 0 Å². The van der Waals surface area contributed by atoms with Crippen molar-refractivity contribution < 1.29 is 9.59 Å². The minimum absolute atomic E-state index is 0.0234. The second-order valence-electron chi connectivity index (χ2n) is 5.26. The molecule has 1 aromatic heterocycles. The van der Waals surface area contributed by atoms with Crippen LogP contribution in [0.1, 0.15) is 30.6 Å². The van der Waals surface area contributed by atoms with Gasteiger partial charge in [-0.05, 0) is 5.92 Å². The lowest BCUT2D eigenvalue weighted by Gasteiger charge is -2.35. The molecule has 0 aliphatic carbocycles. The molecule has 2 rings (SSSR count). The van der Waals surface area contributed by atoms with Gasteiger partial charge in [0.25, 0.3) is 5.91 Å². The minimum Gasteiger partial charge on any atom is -0.339 e. The third-order valence-corrected chi connectivity index (χ3v) is 3.25. The lowest BCUT2D eigenvalue weighted by atomic mass is 10.1. The topological polar surface area (TPSA) is 69.3 Å². The molecule has 0 atom stereocenters. The van der Waals surface area contributed by atoms with Gasteiger partial charge in [-0.1, -0.05) is 13.8 Å². The molecule has 1 fully saturated rings. The fraction of sp³-hybridized carbons (Fsp3) is 0.615. The van der Waals surface area contributed by atoms with Crippen LogP contribution in [0.15, 0.2) is 12.4 Å². The molecule has 2 amide bonds. The fourth-order valence-electron chi connectivity index (χ4n) is 2.19. The maximum absolute atomic E-state index is 12.1. The number of amides is 2. The summed E-state index contributed by atoms with van der Waals surface area (Å²) in [6.07, 6.45) is 3.70. The van der Waals surface area contributed by atoms with Crippen molar-refractivity contribution in [1.82, 2.24) is 20.0 Å². The molecule has 0 unspecified atom stereocenters. The number of nitrogens with one attached hydrogen (secondary N) is 1. The first kappa shape index (κ1) is 13.6. The van der Waals surface area contributed by atoms with Gasteiger partial charge in [-0.15, -0.1) is 0 Å². The predicted molar refractivity (Wildman–Crippen MR) is 70.5 cm³/mol. The molecule has 0 radical (unpaired) electrons. The van der Waals surface area contributed by atoms with Crippen molar-refractivity contribution >= 4 is 11.8 Å². The Labute approximate surface area is 112 Å². The smallest absolute Gasteiger partial charge is 0.257 e. The summed E-state index contributed by atoms with van der Waals surface area (Å²) in [5.41, 5.74) is 0.571. The molecule has 1 aliphatic rings. The summed E-state index contributed by atoms with van der Waals surface area (Å²) in [5.74, 6) is 0.535. The van der Waals surface area contributed by atoms with Gasteiger partial charge in [-0.3, -0.25) is 14.7 Å². The molecule has 2 heterocycles. The zero-order valence-electron chi connectivity index (χ0n) is 11.4. The lowest BCUT2D eigenvalue weighted by Crippen LogP contribution is -2.50. The Morgan fingerprint density at radius 3 is 2.42 bits per heavy atom. The summed E-state index contributed by atoms with van der Waals surface area (Å²) in [6.45, 7) is 6.50. The van der Waals surface area contributed by atoms with Crippen molar-refractivity contribution in [3.63, 3.8) is 0 Å². The van der Waals surface area contributed by atoms with E-state index in [0.717, 1.165) is 0 Å². The minimum atomic E-state index is -0.0234. The molecule has 1 aromatic rings. The predicted octanol–water partition coefficient (Wildman–Crippen LogP) is 0.740. The van der Waals surface area contributed by atoms with E-state index >= 15 is 0 Å². The van der Waals surface area contributed by atoms with Crippen molar-refractivity contribution in [2.24, 2.45) is 5.92 Å². The molecule has 0 aromatic carbocycles. The van der Waals surface area contributed by atoms with Crippen molar-refractivity contribution in [1.29, 1.82) is 0 Å². The van der Waals surface area contributed by atoms with Gasteiger partial charge in [0.2, 0.25) is 5.91 Å². The van der Waals surface area contributed by atoms with Crippen LogP contribution in [-0.4, -0.2) is 58.0 Å². The van der Waals surface area contributed by atoms with E-state index in [-0.39, 0.29) is 11.8 Å². The Morgan fingerprint density at radius 2 is 1.89 bits per heavy atom. The number of hydrogen-bond donors (Lipinski definition) is 1. The maximum atomic E-state index is 12.1. The largest absolute Gasteiger partial charge is 0.339 e. The Kier molecular flexibility index (Phi) is 4.19. The van der Waals surface area contributed by atoms with Gasteiger partial charge in [0.1, 0.15) is 0 Å². The number of nitrogens with zero attached hydrogens (tertiary/aromatic N) is 3. The average molecular weight is 264 g/mol. The SMILES string of the molecule is CC(C)CC(=O)N1CCN(C(=O)c2cn[nH]c2)CC1. The van der Waals surface area contributed by atoms with Gasteiger partial charge < -0.3 is 9.80 Å². The van der Waals surface area contributed by atoms with Crippen LogP contribution in [0.3, 0.4) is 0 Å². The summed E-state index contributed by atoms with van der Waals surface area (Å²) < 4.78 is 0.